The van der Waals surface area contributed by atoms with Crippen molar-refractivity contribution in [2.75, 3.05) is 6.54 Å². The predicted octanol–water partition coefficient (Wildman–Crippen LogP) is 0.362. The number of fused-ring (bicyclic) bond motifs is 1. The van der Waals surface area contributed by atoms with E-state index in [-0.39, 0.29) is 0 Å². The van der Waals surface area contributed by atoms with Gasteiger partial charge in [-0.25, -0.2) is 0 Å². The molecule has 1 aromatic rings. The molecule has 0 aromatic carbocycles. The molecular weight excluding hydrogens is 164 g/mol. The van der Waals surface area contributed by atoms with Crippen LogP contribution in [-0.4, -0.2) is 21.5 Å². The first kappa shape index (κ1) is 8.69. The molecule has 2 rings (SSSR count). The molecule has 1 aliphatic rings. The summed E-state index contributed by atoms with van der Waals surface area (Å²) in [7, 11) is 0. The standard InChI is InChI=1S/C9H16N4/c1-2-13-11-8-4-3-7(6-10)5-9(8)12-13/h7H,2-6,10H2,1H3. The summed E-state index contributed by atoms with van der Waals surface area (Å²) in [5.41, 5.74) is 8.00. The number of nitrogens with zero attached hydrogens (tertiary/aromatic N) is 3. The van der Waals surface area contributed by atoms with Crippen LogP contribution in [0.3, 0.4) is 0 Å². The summed E-state index contributed by atoms with van der Waals surface area (Å²) >= 11 is 0. The number of rotatable bonds is 2. The summed E-state index contributed by atoms with van der Waals surface area (Å²) in [6, 6.07) is 0. The lowest BCUT2D eigenvalue weighted by atomic mass is 9.90. The second-order valence-electron chi connectivity index (χ2n) is 3.63. The smallest absolute Gasteiger partial charge is 0.0862 e. The van der Waals surface area contributed by atoms with Crippen molar-refractivity contribution < 1.29 is 0 Å². The number of hydrogen-bond donors (Lipinski definition) is 1. The van der Waals surface area contributed by atoms with Gasteiger partial charge >= 0.3 is 0 Å². The summed E-state index contributed by atoms with van der Waals surface area (Å²) < 4.78 is 0. The van der Waals surface area contributed by atoms with Crippen molar-refractivity contribution in [1.29, 1.82) is 0 Å². The van der Waals surface area contributed by atoms with E-state index in [1.54, 1.807) is 4.80 Å². The van der Waals surface area contributed by atoms with Crippen molar-refractivity contribution in [3.63, 3.8) is 0 Å². The Morgan fingerprint density at radius 3 is 2.92 bits per heavy atom. The maximum atomic E-state index is 5.64. The lowest BCUT2D eigenvalue weighted by Crippen LogP contribution is -2.22. The van der Waals surface area contributed by atoms with Gasteiger partial charge in [0.05, 0.1) is 17.9 Å². The lowest BCUT2D eigenvalue weighted by molar-refractivity contribution is 0.460. The normalized spacial score (nSPS) is 21.5. The van der Waals surface area contributed by atoms with Crippen LogP contribution < -0.4 is 5.73 Å². The molecule has 4 nitrogen and oxygen atoms in total. The fourth-order valence-electron chi connectivity index (χ4n) is 1.83. The van der Waals surface area contributed by atoms with Crippen LogP contribution in [0, 0.1) is 5.92 Å². The van der Waals surface area contributed by atoms with Crippen LogP contribution in [0.2, 0.25) is 0 Å². The molecule has 4 heteroatoms. The molecule has 1 unspecified atom stereocenters. The highest BCUT2D eigenvalue weighted by atomic mass is 15.5. The Morgan fingerprint density at radius 2 is 2.23 bits per heavy atom. The second-order valence-corrected chi connectivity index (χ2v) is 3.63. The summed E-state index contributed by atoms with van der Waals surface area (Å²) in [5.74, 6) is 0.620. The van der Waals surface area contributed by atoms with Crippen molar-refractivity contribution in [1.82, 2.24) is 15.0 Å². The molecule has 0 radical (unpaired) electrons. The van der Waals surface area contributed by atoms with Crippen LogP contribution in [0.4, 0.5) is 0 Å². The van der Waals surface area contributed by atoms with Crippen molar-refractivity contribution in [3.05, 3.63) is 11.4 Å². The molecule has 1 heterocycles. The third kappa shape index (κ3) is 1.58. The largest absolute Gasteiger partial charge is 0.330 e. The van der Waals surface area contributed by atoms with Gasteiger partial charge in [-0.05, 0) is 38.6 Å². The van der Waals surface area contributed by atoms with Crippen LogP contribution in [-0.2, 0) is 19.4 Å². The minimum absolute atomic E-state index is 0.620. The monoisotopic (exact) mass is 180 g/mol. The van der Waals surface area contributed by atoms with Gasteiger partial charge < -0.3 is 5.73 Å². The van der Waals surface area contributed by atoms with Gasteiger partial charge in [0.1, 0.15) is 0 Å². The van der Waals surface area contributed by atoms with Crippen molar-refractivity contribution in [2.24, 2.45) is 11.7 Å². The SMILES string of the molecule is CCn1nc2c(n1)CC(CN)CC2. The molecule has 1 aromatic heterocycles. The molecule has 13 heavy (non-hydrogen) atoms. The molecule has 0 fully saturated rings. The molecule has 0 amide bonds. The highest BCUT2D eigenvalue weighted by Crippen LogP contribution is 2.21. The summed E-state index contributed by atoms with van der Waals surface area (Å²) in [5, 5.41) is 8.82. The van der Waals surface area contributed by atoms with E-state index >= 15 is 0 Å². The molecule has 1 atom stereocenters. The summed E-state index contributed by atoms with van der Waals surface area (Å²) in [6.45, 7) is 3.70. The van der Waals surface area contributed by atoms with Gasteiger partial charge in [-0.15, -0.1) is 0 Å². The van der Waals surface area contributed by atoms with Gasteiger partial charge in [0.15, 0.2) is 0 Å². The van der Waals surface area contributed by atoms with E-state index in [0.717, 1.165) is 25.9 Å². The summed E-state index contributed by atoms with van der Waals surface area (Å²) in [4.78, 5) is 1.78. The maximum Gasteiger partial charge on any atom is 0.0862 e. The molecule has 0 bridgehead atoms. The number of nitrogens with two attached hydrogens (primary N) is 1. The molecule has 1 aliphatic carbocycles. The molecule has 2 N–H and O–H groups in total. The third-order valence-electron chi connectivity index (χ3n) is 2.69. The van der Waals surface area contributed by atoms with Crippen LogP contribution >= 0.6 is 0 Å². The Kier molecular flexibility index (Phi) is 2.31. The molecule has 0 saturated carbocycles. The highest BCUT2D eigenvalue weighted by molar-refractivity contribution is 5.13. The third-order valence-corrected chi connectivity index (χ3v) is 2.69. The number of hydrogen-bond acceptors (Lipinski definition) is 3. The van der Waals surface area contributed by atoms with Gasteiger partial charge in [-0.3, -0.25) is 0 Å². The van der Waals surface area contributed by atoms with E-state index < -0.39 is 0 Å². The van der Waals surface area contributed by atoms with E-state index in [4.69, 9.17) is 5.73 Å². The Bertz CT molecular complexity index is 292. The first-order valence-corrected chi connectivity index (χ1v) is 4.96. The fraction of sp³-hybridized carbons (Fsp3) is 0.778. The average Bonchev–Trinajstić information content (AvgIpc) is 2.58. The molecule has 0 spiro atoms. The molecule has 0 aliphatic heterocycles. The zero-order valence-corrected chi connectivity index (χ0v) is 8.03. The lowest BCUT2D eigenvalue weighted by Gasteiger charge is -2.17. The first-order chi connectivity index (χ1) is 6.33. The molecule has 0 saturated heterocycles. The predicted molar refractivity (Wildman–Crippen MR) is 50.3 cm³/mol. The molecular formula is C9H16N4. The van der Waals surface area contributed by atoms with E-state index in [0.29, 0.717) is 5.92 Å². The Morgan fingerprint density at radius 1 is 1.46 bits per heavy atom. The van der Waals surface area contributed by atoms with Gasteiger partial charge in [-0.1, -0.05) is 0 Å². The summed E-state index contributed by atoms with van der Waals surface area (Å²) in [6.07, 6.45) is 3.24. The van der Waals surface area contributed by atoms with Crippen LogP contribution in [0.25, 0.3) is 0 Å². The topological polar surface area (TPSA) is 56.7 Å². The van der Waals surface area contributed by atoms with E-state index in [2.05, 4.69) is 17.1 Å². The van der Waals surface area contributed by atoms with Crippen LogP contribution in [0.1, 0.15) is 24.7 Å². The van der Waals surface area contributed by atoms with E-state index in [9.17, 15) is 0 Å². The maximum absolute atomic E-state index is 5.64. The van der Waals surface area contributed by atoms with Gasteiger partial charge in [-0.2, -0.15) is 15.0 Å². The van der Waals surface area contributed by atoms with Gasteiger partial charge in [0, 0.05) is 0 Å². The zero-order valence-electron chi connectivity index (χ0n) is 8.03. The minimum Gasteiger partial charge on any atom is -0.330 e. The van der Waals surface area contributed by atoms with Crippen LogP contribution in [0.5, 0.6) is 0 Å². The highest BCUT2D eigenvalue weighted by Gasteiger charge is 2.21. The Labute approximate surface area is 78.1 Å². The van der Waals surface area contributed by atoms with Crippen molar-refractivity contribution in [3.8, 4) is 0 Å². The van der Waals surface area contributed by atoms with E-state index in [1.165, 1.54) is 17.8 Å². The minimum atomic E-state index is 0.620. The molecule has 72 valence electrons. The zero-order chi connectivity index (χ0) is 9.26. The van der Waals surface area contributed by atoms with Gasteiger partial charge in [0.2, 0.25) is 0 Å². The Balaban J connectivity index is 2.19. The van der Waals surface area contributed by atoms with Gasteiger partial charge in [0.25, 0.3) is 0 Å². The number of aryl methyl sites for hydroxylation is 2. The number of aromatic nitrogens is 3. The second kappa shape index (κ2) is 3.46. The van der Waals surface area contributed by atoms with Crippen molar-refractivity contribution >= 4 is 0 Å². The fourth-order valence-corrected chi connectivity index (χ4v) is 1.83. The van der Waals surface area contributed by atoms with E-state index in [1.807, 2.05) is 0 Å². The quantitative estimate of drug-likeness (QED) is 0.715. The first-order valence-electron chi connectivity index (χ1n) is 4.96. The Hall–Kier alpha value is -0.900. The van der Waals surface area contributed by atoms with Crippen LogP contribution in [0.15, 0.2) is 0 Å². The average molecular weight is 180 g/mol. The van der Waals surface area contributed by atoms with Crippen molar-refractivity contribution in [2.45, 2.75) is 32.7 Å².